The third-order valence-corrected chi connectivity index (χ3v) is 3.98. The van der Waals surface area contributed by atoms with Crippen LogP contribution in [0.4, 0.5) is 5.82 Å². The van der Waals surface area contributed by atoms with E-state index >= 15 is 0 Å². The number of fused-ring (bicyclic) bond motifs is 1. The number of anilines is 1. The Labute approximate surface area is 123 Å². The van der Waals surface area contributed by atoms with Gasteiger partial charge in [-0.3, -0.25) is 0 Å². The van der Waals surface area contributed by atoms with E-state index in [2.05, 4.69) is 39.2 Å². The first-order chi connectivity index (χ1) is 10.1. The van der Waals surface area contributed by atoms with E-state index < -0.39 is 0 Å². The normalized spacial score (nSPS) is 19.6. The maximum atomic E-state index is 11.5. The zero-order valence-electron chi connectivity index (χ0n) is 12.5. The van der Waals surface area contributed by atoms with Crippen molar-refractivity contribution in [1.82, 2.24) is 24.9 Å². The lowest BCUT2D eigenvalue weighted by atomic mass is 10.0. The second kappa shape index (κ2) is 5.85. The number of aromatic amines is 1. The first-order valence-corrected chi connectivity index (χ1v) is 7.58. The summed E-state index contributed by atoms with van der Waals surface area (Å²) in [6, 6.07) is 2.81. The number of hydrogen-bond donors (Lipinski definition) is 2. The van der Waals surface area contributed by atoms with Crippen molar-refractivity contribution >= 4 is 11.5 Å². The molecular weight excluding hydrogens is 268 g/mol. The van der Waals surface area contributed by atoms with Gasteiger partial charge < -0.3 is 10.2 Å². The zero-order chi connectivity index (χ0) is 14.8. The van der Waals surface area contributed by atoms with E-state index in [1.54, 1.807) is 6.33 Å². The summed E-state index contributed by atoms with van der Waals surface area (Å²) in [5, 5.41) is 9.97. The van der Waals surface area contributed by atoms with E-state index in [4.69, 9.17) is 0 Å². The van der Waals surface area contributed by atoms with E-state index in [0.717, 1.165) is 18.9 Å². The van der Waals surface area contributed by atoms with Gasteiger partial charge in [-0.15, -0.1) is 0 Å². The first-order valence-electron chi connectivity index (χ1n) is 7.58. The molecule has 1 fully saturated rings. The summed E-state index contributed by atoms with van der Waals surface area (Å²) in [6.45, 7) is 6.28. The number of H-pyrrole nitrogens is 1. The van der Waals surface area contributed by atoms with E-state index in [0.29, 0.717) is 17.7 Å². The maximum Gasteiger partial charge on any atom is 0.348 e. The van der Waals surface area contributed by atoms with Gasteiger partial charge in [0.05, 0.1) is 0 Å². The summed E-state index contributed by atoms with van der Waals surface area (Å²) in [5.41, 5.74) is 0.367. The highest BCUT2D eigenvalue weighted by Crippen LogP contribution is 2.23. The summed E-state index contributed by atoms with van der Waals surface area (Å²) in [6.07, 6.45) is 5.15. The van der Waals surface area contributed by atoms with Gasteiger partial charge in [-0.05, 0) is 19.3 Å². The van der Waals surface area contributed by atoms with Gasteiger partial charge in [-0.25, -0.2) is 19.3 Å². The lowest BCUT2D eigenvalue weighted by molar-refractivity contribution is 0.419. The summed E-state index contributed by atoms with van der Waals surface area (Å²) < 4.78 is 1.43. The van der Waals surface area contributed by atoms with Crippen molar-refractivity contribution in [3.8, 4) is 0 Å². The highest BCUT2D eigenvalue weighted by molar-refractivity contribution is 5.51. The minimum absolute atomic E-state index is 0.249. The Morgan fingerprint density at radius 3 is 3.14 bits per heavy atom. The highest BCUT2D eigenvalue weighted by atomic mass is 16.1. The number of nitrogens with zero attached hydrogens (tertiary/aromatic N) is 4. The van der Waals surface area contributed by atoms with Crippen LogP contribution < -0.4 is 15.9 Å². The fraction of sp³-hybridized carbons (Fsp3) is 0.643. The Bertz CT molecular complexity index is 661. The third kappa shape index (κ3) is 2.92. The molecule has 2 aromatic rings. The van der Waals surface area contributed by atoms with Crippen molar-refractivity contribution in [3.63, 3.8) is 0 Å². The molecule has 3 heterocycles. The molecule has 1 atom stereocenters. The third-order valence-electron chi connectivity index (χ3n) is 3.98. The lowest BCUT2D eigenvalue weighted by Crippen LogP contribution is -2.47. The quantitative estimate of drug-likeness (QED) is 0.870. The molecule has 0 amide bonds. The molecule has 0 aliphatic carbocycles. The van der Waals surface area contributed by atoms with Gasteiger partial charge in [0.25, 0.3) is 0 Å². The van der Waals surface area contributed by atoms with Crippen LogP contribution in [-0.2, 0) is 0 Å². The first kappa shape index (κ1) is 14.1. The Kier molecular flexibility index (Phi) is 3.92. The molecule has 1 unspecified atom stereocenters. The summed E-state index contributed by atoms with van der Waals surface area (Å²) in [5.74, 6) is 0.900. The molecule has 21 heavy (non-hydrogen) atoms. The van der Waals surface area contributed by atoms with Gasteiger partial charge in [0, 0.05) is 31.2 Å². The monoisotopic (exact) mass is 290 g/mol. The Balaban J connectivity index is 1.85. The minimum Gasteiger partial charge on any atom is -0.352 e. The smallest absolute Gasteiger partial charge is 0.348 e. The molecule has 0 aromatic carbocycles. The largest absolute Gasteiger partial charge is 0.352 e. The molecule has 1 aliphatic rings. The molecule has 1 aliphatic heterocycles. The van der Waals surface area contributed by atoms with Gasteiger partial charge in [0.2, 0.25) is 0 Å². The lowest BCUT2D eigenvalue weighted by Gasteiger charge is -2.37. The molecule has 7 heteroatoms. The minimum atomic E-state index is -0.249. The van der Waals surface area contributed by atoms with Crippen LogP contribution in [0.5, 0.6) is 0 Å². The number of rotatable bonds is 4. The Hall–Kier alpha value is -1.89. The summed E-state index contributed by atoms with van der Waals surface area (Å²) >= 11 is 0. The van der Waals surface area contributed by atoms with Crippen LogP contribution in [0.25, 0.3) is 5.65 Å². The molecule has 7 nitrogen and oxygen atoms in total. The fourth-order valence-corrected chi connectivity index (χ4v) is 2.84. The SMILES string of the molecule is CC(C)NCC1CCCCN1c1cc2n[nH]c(=O)n2cn1. The van der Waals surface area contributed by atoms with Crippen LogP contribution in [0.3, 0.4) is 0 Å². The standard InChI is InChI=1S/C14H22N6O/c1-10(2)15-8-11-5-3-4-6-19(11)12-7-13-17-18-14(21)20(13)9-16-12/h7,9-11,15H,3-6,8H2,1-2H3,(H,18,21). The van der Waals surface area contributed by atoms with Crippen LogP contribution in [0.1, 0.15) is 33.1 Å². The van der Waals surface area contributed by atoms with E-state index in [1.165, 1.54) is 23.7 Å². The van der Waals surface area contributed by atoms with Crippen molar-refractivity contribution in [1.29, 1.82) is 0 Å². The van der Waals surface area contributed by atoms with Crippen LogP contribution in [0.2, 0.25) is 0 Å². The van der Waals surface area contributed by atoms with E-state index in [9.17, 15) is 4.79 Å². The van der Waals surface area contributed by atoms with Gasteiger partial charge in [0.15, 0.2) is 5.65 Å². The fourth-order valence-electron chi connectivity index (χ4n) is 2.84. The van der Waals surface area contributed by atoms with Crippen LogP contribution in [0.15, 0.2) is 17.2 Å². The Morgan fingerprint density at radius 2 is 2.33 bits per heavy atom. The second-order valence-electron chi connectivity index (χ2n) is 5.91. The van der Waals surface area contributed by atoms with Gasteiger partial charge in [-0.1, -0.05) is 13.8 Å². The van der Waals surface area contributed by atoms with Gasteiger partial charge in [0.1, 0.15) is 12.1 Å². The van der Waals surface area contributed by atoms with E-state index in [-0.39, 0.29) is 5.69 Å². The molecule has 3 rings (SSSR count). The number of hydrogen-bond acceptors (Lipinski definition) is 5. The van der Waals surface area contributed by atoms with E-state index in [1.807, 2.05) is 6.07 Å². The molecule has 0 radical (unpaired) electrons. The number of nitrogens with one attached hydrogen (secondary N) is 2. The van der Waals surface area contributed by atoms with Crippen LogP contribution in [-0.4, -0.2) is 44.8 Å². The molecule has 0 bridgehead atoms. The average molecular weight is 290 g/mol. The molecule has 0 spiro atoms. The molecule has 114 valence electrons. The highest BCUT2D eigenvalue weighted by Gasteiger charge is 2.24. The predicted octanol–water partition coefficient (Wildman–Crippen LogP) is 0.774. The maximum absolute atomic E-state index is 11.5. The Morgan fingerprint density at radius 1 is 1.48 bits per heavy atom. The molecule has 2 N–H and O–H groups in total. The zero-order valence-corrected chi connectivity index (χ0v) is 12.5. The summed E-state index contributed by atoms with van der Waals surface area (Å²) in [7, 11) is 0. The van der Waals surface area contributed by atoms with Crippen LogP contribution >= 0.6 is 0 Å². The van der Waals surface area contributed by atoms with Gasteiger partial charge in [-0.2, -0.15) is 5.10 Å². The van der Waals surface area contributed by atoms with Crippen molar-refractivity contribution in [3.05, 3.63) is 22.9 Å². The van der Waals surface area contributed by atoms with Gasteiger partial charge >= 0.3 is 5.69 Å². The van der Waals surface area contributed by atoms with Crippen molar-refractivity contribution in [2.24, 2.45) is 0 Å². The molecule has 2 aromatic heterocycles. The topological polar surface area (TPSA) is 78.3 Å². The summed E-state index contributed by atoms with van der Waals surface area (Å²) in [4.78, 5) is 18.3. The number of aromatic nitrogens is 4. The molecule has 1 saturated heterocycles. The average Bonchev–Trinajstić information content (AvgIpc) is 2.86. The molecule has 0 saturated carbocycles. The van der Waals surface area contributed by atoms with Crippen molar-refractivity contribution in [2.75, 3.05) is 18.0 Å². The predicted molar refractivity (Wildman–Crippen MR) is 81.7 cm³/mol. The second-order valence-corrected chi connectivity index (χ2v) is 5.91. The van der Waals surface area contributed by atoms with Crippen molar-refractivity contribution in [2.45, 2.75) is 45.2 Å². The van der Waals surface area contributed by atoms with Crippen molar-refractivity contribution < 1.29 is 0 Å². The molecular formula is C14H22N6O. The van der Waals surface area contributed by atoms with Crippen LogP contribution in [0, 0.1) is 0 Å². The number of piperidine rings is 1.